The summed E-state index contributed by atoms with van der Waals surface area (Å²) in [6.45, 7) is 5.61. The van der Waals surface area contributed by atoms with Crippen molar-refractivity contribution in [1.29, 1.82) is 0 Å². The molecule has 0 fully saturated rings. The Labute approximate surface area is 79.4 Å². The second-order valence-corrected chi connectivity index (χ2v) is 3.22. The Morgan fingerprint density at radius 2 is 2.38 bits per heavy atom. The van der Waals surface area contributed by atoms with Crippen LogP contribution in [-0.2, 0) is 13.1 Å². The van der Waals surface area contributed by atoms with Gasteiger partial charge in [-0.1, -0.05) is 6.92 Å². The highest BCUT2D eigenvalue weighted by atomic mass is 15.1. The third-order valence-corrected chi connectivity index (χ3v) is 2.05. The van der Waals surface area contributed by atoms with Crippen molar-refractivity contribution in [1.82, 2.24) is 14.5 Å². The van der Waals surface area contributed by atoms with Crippen molar-refractivity contribution in [2.24, 2.45) is 5.73 Å². The summed E-state index contributed by atoms with van der Waals surface area (Å²) in [7, 11) is 2.09. The highest BCUT2D eigenvalue weighted by Crippen LogP contribution is 1.99. The Bertz CT molecular complexity index is 244. The molecular formula is C9H18N4. The van der Waals surface area contributed by atoms with Crippen molar-refractivity contribution in [2.45, 2.75) is 20.0 Å². The Kier molecular flexibility index (Phi) is 3.92. The van der Waals surface area contributed by atoms with Gasteiger partial charge in [0.1, 0.15) is 0 Å². The van der Waals surface area contributed by atoms with E-state index in [1.807, 2.05) is 10.9 Å². The molecule has 0 aliphatic carbocycles. The van der Waals surface area contributed by atoms with E-state index in [2.05, 4.69) is 30.1 Å². The van der Waals surface area contributed by atoms with Crippen LogP contribution in [0.2, 0.25) is 0 Å². The number of hydrogen-bond acceptors (Lipinski definition) is 3. The Morgan fingerprint density at radius 3 is 3.00 bits per heavy atom. The molecule has 0 aliphatic heterocycles. The number of imidazole rings is 1. The van der Waals surface area contributed by atoms with Gasteiger partial charge in [-0.2, -0.15) is 0 Å². The van der Waals surface area contributed by atoms with Gasteiger partial charge in [0.2, 0.25) is 0 Å². The molecule has 0 bridgehead atoms. The SMILES string of the molecule is CCN(C)Cc1cn(CCN)cn1. The lowest BCUT2D eigenvalue weighted by Gasteiger charge is -2.10. The van der Waals surface area contributed by atoms with E-state index in [1.165, 1.54) is 0 Å². The molecule has 74 valence electrons. The molecule has 1 aromatic rings. The zero-order valence-corrected chi connectivity index (χ0v) is 8.40. The van der Waals surface area contributed by atoms with Crippen LogP contribution in [0.15, 0.2) is 12.5 Å². The summed E-state index contributed by atoms with van der Waals surface area (Å²) < 4.78 is 2.03. The monoisotopic (exact) mass is 182 g/mol. The van der Waals surface area contributed by atoms with Gasteiger partial charge in [0.15, 0.2) is 0 Å². The second-order valence-electron chi connectivity index (χ2n) is 3.22. The maximum absolute atomic E-state index is 5.44. The van der Waals surface area contributed by atoms with E-state index in [0.29, 0.717) is 6.54 Å². The molecule has 0 saturated carbocycles. The fraction of sp³-hybridized carbons (Fsp3) is 0.667. The molecule has 0 unspecified atom stereocenters. The molecule has 1 aromatic heterocycles. The summed E-state index contributed by atoms with van der Waals surface area (Å²) in [4.78, 5) is 6.51. The summed E-state index contributed by atoms with van der Waals surface area (Å²) in [5, 5.41) is 0. The highest BCUT2D eigenvalue weighted by molar-refractivity contribution is 4.96. The number of hydrogen-bond donors (Lipinski definition) is 1. The van der Waals surface area contributed by atoms with E-state index in [1.54, 1.807) is 0 Å². The average molecular weight is 182 g/mol. The third-order valence-electron chi connectivity index (χ3n) is 2.05. The van der Waals surface area contributed by atoms with Gasteiger partial charge in [-0.3, -0.25) is 0 Å². The number of nitrogens with two attached hydrogens (primary N) is 1. The smallest absolute Gasteiger partial charge is 0.0950 e. The normalized spacial score (nSPS) is 11.1. The summed E-state index contributed by atoms with van der Waals surface area (Å²) >= 11 is 0. The molecule has 0 atom stereocenters. The Balaban J connectivity index is 2.48. The van der Waals surface area contributed by atoms with Crippen LogP contribution < -0.4 is 5.73 Å². The molecule has 0 radical (unpaired) electrons. The summed E-state index contributed by atoms with van der Waals surface area (Å²) in [5.74, 6) is 0. The first-order valence-electron chi connectivity index (χ1n) is 4.65. The van der Waals surface area contributed by atoms with Crippen LogP contribution in [0.3, 0.4) is 0 Å². The van der Waals surface area contributed by atoms with Crippen LogP contribution in [0.5, 0.6) is 0 Å². The lowest BCUT2D eigenvalue weighted by molar-refractivity contribution is 0.342. The predicted molar refractivity (Wildman–Crippen MR) is 53.3 cm³/mol. The summed E-state index contributed by atoms with van der Waals surface area (Å²) in [6, 6.07) is 0. The molecule has 0 saturated heterocycles. The minimum atomic E-state index is 0.666. The molecule has 13 heavy (non-hydrogen) atoms. The van der Waals surface area contributed by atoms with Gasteiger partial charge in [0, 0.05) is 25.8 Å². The fourth-order valence-corrected chi connectivity index (χ4v) is 1.15. The van der Waals surface area contributed by atoms with E-state index in [0.717, 1.165) is 25.3 Å². The van der Waals surface area contributed by atoms with Crippen LogP contribution in [0, 0.1) is 0 Å². The molecule has 0 aliphatic rings. The Morgan fingerprint density at radius 1 is 1.62 bits per heavy atom. The second kappa shape index (κ2) is 4.99. The number of nitrogens with zero attached hydrogens (tertiary/aromatic N) is 3. The third kappa shape index (κ3) is 3.16. The fourth-order valence-electron chi connectivity index (χ4n) is 1.15. The van der Waals surface area contributed by atoms with Gasteiger partial charge in [0.05, 0.1) is 12.0 Å². The van der Waals surface area contributed by atoms with Gasteiger partial charge in [0.25, 0.3) is 0 Å². The van der Waals surface area contributed by atoms with Gasteiger partial charge < -0.3 is 15.2 Å². The first kappa shape index (κ1) is 10.2. The topological polar surface area (TPSA) is 47.1 Å². The van der Waals surface area contributed by atoms with Crippen molar-refractivity contribution in [2.75, 3.05) is 20.1 Å². The van der Waals surface area contributed by atoms with Gasteiger partial charge >= 0.3 is 0 Å². The lowest BCUT2D eigenvalue weighted by atomic mass is 10.4. The van der Waals surface area contributed by atoms with E-state index < -0.39 is 0 Å². The van der Waals surface area contributed by atoms with Crippen molar-refractivity contribution >= 4 is 0 Å². The first-order chi connectivity index (χ1) is 6.26. The number of aromatic nitrogens is 2. The van der Waals surface area contributed by atoms with E-state index in [-0.39, 0.29) is 0 Å². The minimum absolute atomic E-state index is 0.666. The standard InChI is InChI=1S/C9H18N4/c1-3-12(2)6-9-7-13(5-4-10)8-11-9/h7-8H,3-6,10H2,1-2H3. The van der Waals surface area contributed by atoms with Gasteiger partial charge in [-0.15, -0.1) is 0 Å². The van der Waals surface area contributed by atoms with Crippen LogP contribution in [0.1, 0.15) is 12.6 Å². The molecular weight excluding hydrogens is 164 g/mol. The van der Waals surface area contributed by atoms with Crippen LogP contribution in [-0.4, -0.2) is 34.6 Å². The average Bonchev–Trinajstić information content (AvgIpc) is 2.53. The molecule has 0 spiro atoms. The molecule has 0 aromatic carbocycles. The maximum atomic E-state index is 5.44. The molecule has 2 N–H and O–H groups in total. The minimum Gasteiger partial charge on any atom is -0.336 e. The Hall–Kier alpha value is -0.870. The molecule has 0 amide bonds. The van der Waals surface area contributed by atoms with Gasteiger partial charge in [-0.05, 0) is 13.6 Å². The number of rotatable bonds is 5. The molecule has 1 rings (SSSR count). The predicted octanol–water partition coefficient (Wildman–Crippen LogP) is 0.293. The molecule has 4 nitrogen and oxygen atoms in total. The highest BCUT2D eigenvalue weighted by Gasteiger charge is 2.00. The summed E-state index contributed by atoms with van der Waals surface area (Å²) in [6.07, 6.45) is 3.89. The van der Waals surface area contributed by atoms with E-state index in [9.17, 15) is 0 Å². The lowest BCUT2D eigenvalue weighted by Crippen LogP contribution is -2.16. The molecule has 1 heterocycles. The van der Waals surface area contributed by atoms with Crippen molar-refractivity contribution < 1.29 is 0 Å². The van der Waals surface area contributed by atoms with Crippen LogP contribution in [0.25, 0.3) is 0 Å². The van der Waals surface area contributed by atoms with E-state index >= 15 is 0 Å². The largest absolute Gasteiger partial charge is 0.336 e. The first-order valence-corrected chi connectivity index (χ1v) is 4.65. The van der Waals surface area contributed by atoms with Crippen molar-refractivity contribution in [3.63, 3.8) is 0 Å². The maximum Gasteiger partial charge on any atom is 0.0950 e. The van der Waals surface area contributed by atoms with Crippen molar-refractivity contribution in [3.05, 3.63) is 18.2 Å². The van der Waals surface area contributed by atoms with Crippen molar-refractivity contribution in [3.8, 4) is 0 Å². The summed E-state index contributed by atoms with van der Waals surface area (Å²) in [5.41, 5.74) is 6.55. The van der Waals surface area contributed by atoms with Crippen LogP contribution >= 0.6 is 0 Å². The van der Waals surface area contributed by atoms with E-state index in [4.69, 9.17) is 5.73 Å². The zero-order chi connectivity index (χ0) is 9.68. The van der Waals surface area contributed by atoms with Crippen LogP contribution in [0.4, 0.5) is 0 Å². The van der Waals surface area contributed by atoms with Gasteiger partial charge in [-0.25, -0.2) is 4.98 Å². The quantitative estimate of drug-likeness (QED) is 0.712. The zero-order valence-electron chi connectivity index (χ0n) is 8.40. The molecule has 4 heteroatoms.